The molecule has 0 amide bonds. The molecule has 0 atom stereocenters. The van der Waals surface area contributed by atoms with Crippen LogP contribution in [0.3, 0.4) is 0 Å². The molecule has 0 bridgehead atoms. The minimum atomic E-state index is -1.86. The Morgan fingerprint density at radius 3 is 1.07 bits per heavy atom. The topological polar surface area (TPSA) is 11.4 Å². The number of nitrogens with zero attached hydrogens (tertiary/aromatic N) is 3. The molecular formula is C83H80BN3Si. The number of fused-ring (bicyclic) bond motifs is 7. The van der Waals surface area contributed by atoms with Gasteiger partial charge < -0.3 is 14.4 Å². The summed E-state index contributed by atoms with van der Waals surface area (Å²) in [7, 11) is -1.86. The number of para-hydroxylation sites is 2. The fourth-order valence-electron chi connectivity index (χ4n) is 13.9. The fraction of sp³-hybridized carbons (Fsp3) is 0.205. The number of aryl methyl sites for hydroxylation is 1. The zero-order valence-electron chi connectivity index (χ0n) is 53.6. The lowest BCUT2D eigenvalue weighted by Crippen LogP contribution is -2.61. The van der Waals surface area contributed by atoms with Crippen LogP contribution >= 0.6 is 0 Å². The first-order valence-corrected chi connectivity index (χ1v) is 33.4. The molecule has 0 spiro atoms. The van der Waals surface area contributed by atoms with E-state index in [1.807, 2.05) is 0 Å². The van der Waals surface area contributed by atoms with Crippen molar-refractivity contribution in [1.29, 1.82) is 0 Å². The summed E-state index contributed by atoms with van der Waals surface area (Å²) in [4.78, 5) is 5.24. The van der Waals surface area contributed by atoms with Crippen LogP contribution in [0.5, 0.6) is 0 Å². The Balaban J connectivity index is 1.09. The molecule has 0 radical (unpaired) electrons. The third kappa shape index (κ3) is 10.0. The molecule has 2 aliphatic heterocycles. The SMILES string of the molecule is Cc1ccc(N2c3cc(-c4cc(C(C)(C)C)cc(C(C)(C)C)c4)ccc3B3c4ccc(-c5cc(C(C)(C)C)cc(C(C)(C)C)c5)cc4N(c4ccc([SiH](c5ccccc5)c5ccccc5)cc4)c4cc(-n5c6ccccc6c6ccccc65)cc2c43)cc1. The normalized spacial score (nSPS) is 13.3. The van der Waals surface area contributed by atoms with E-state index in [-0.39, 0.29) is 28.4 Å². The monoisotopic (exact) mass is 1160 g/mol. The molecule has 0 saturated heterocycles. The lowest BCUT2D eigenvalue weighted by Gasteiger charge is -2.45. The van der Waals surface area contributed by atoms with E-state index < -0.39 is 8.80 Å². The van der Waals surface area contributed by atoms with E-state index in [9.17, 15) is 0 Å². The molecule has 0 saturated carbocycles. The van der Waals surface area contributed by atoms with Gasteiger partial charge in [-0.2, -0.15) is 0 Å². The van der Waals surface area contributed by atoms with Crippen molar-refractivity contribution in [3.63, 3.8) is 0 Å². The van der Waals surface area contributed by atoms with Gasteiger partial charge in [-0.25, -0.2) is 0 Å². The van der Waals surface area contributed by atoms with E-state index in [1.54, 1.807) is 0 Å². The summed E-state index contributed by atoms with van der Waals surface area (Å²) in [6.45, 7) is 30.2. The first kappa shape index (κ1) is 56.9. The standard InChI is InChI=1S/C83H80BN3Si/c1-54-32-36-63(37-33-54)85-75-48-55(57-44-59(80(2,3)4)50-60(45-57)81(5,6)7)34-42-71(75)84-72-43-35-56(58-46-61(82(8,9)10)51-62(47-58)83(11,12)13)49-76(72)86(64-38-40-68(41-39-64)88(66-24-16-14-17-25-66)67-26-18-15-19-27-67)78-53-65(52-77(85)79(78)84)87-73-30-22-20-28-69(73)70-29-21-23-31-74(70)87/h14-53,88H,1-13H3. The van der Waals surface area contributed by atoms with E-state index in [4.69, 9.17) is 0 Å². The van der Waals surface area contributed by atoms with Crippen molar-refractivity contribution in [1.82, 2.24) is 4.57 Å². The van der Waals surface area contributed by atoms with Gasteiger partial charge in [0.15, 0.2) is 0 Å². The summed E-state index contributed by atoms with van der Waals surface area (Å²) in [5.74, 6) is 0. The van der Waals surface area contributed by atoms with Gasteiger partial charge in [-0.15, -0.1) is 0 Å². The molecule has 0 fully saturated rings. The highest BCUT2D eigenvalue weighted by molar-refractivity contribution is 7.00. The largest absolute Gasteiger partial charge is 0.311 e. The van der Waals surface area contributed by atoms with Gasteiger partial charge in [-0.05, 0) is 150 Å². The second kappa shape index (κ2) is 21.2. The van der Waals surface area contributed by atoms with E-state index in [0.29, 0.717) is 0 Å². The van der Waals surface area contributed by atoms with Crippen LogP contribution in [-0.4, -0.2) is 20.1 Å². The highest BCUT2D eigenvalue weighted by Gasteiger charge is 2.44. The van der Waals surface area contributed by atoms with Gasteiger partial charge in [0.1, 0.15) is 8.80 Å². The van der Waals surface area contributed by atoms with Crippen LogP contribution < -0.4 is 41.7 Å². The van der Waals surface area contributed by atoms with E-state index in [0.717, 1.165) is 17.1 Å². The third-order valence-corrected chi connectivity index (χ3v) is 22.1. The molecule has 0 unspecified atom stereocenters. The minimum Gasteiger partial charge on any atom is -0.311 e. The Morgan fingerprint density at radius 2 is 0.670 bits per heavy atom. The molecule has 5 heteroatoms. The molecule has 11 aromatic carbocycles. The first-order valence-electron chi connectivity index (χ1n) is 31.7. The second-order valence-corrected chi connectivity index (χ2v) is 32.1. The third-order valence-electron chi connectivity index (χ3n) is 18.9. The summed E-state index contributed by atoms with van der Waals surface area (Å²) in [6.07, 6.45) is 0. The molecular weight excluding hydrogens is 1080 g/mol. The highest BCUT2D eigenvalue weighted by atomic mass is 28.3. The van der Waals surface area contributed by atoms with Crippen molar-refractivity contribution in [3.05, 3.63) is 270 Å². The maximum Gasteiger partial charge on any atom is 0.252 e. The summed E-state index contributed by atoms with van der Waals surface area (Å²) < 4.78 is 2.52. The lowest BCUT2D eigenvalue weighted by molar-refractivity contribution is 0.568. The minimum absolute atomic E-state index is 0.0383. The molecule has 434 valence electrons. The number of anilines is 6. The van der Waals surface area contributed by atoms with Crippen molar-refractivity contribution < 1.29 is 0 Å². The van der Waals surface area contributed by atoms with E-state index in [1.165, 1.54) is 127 Å². The van der Waals surface area contributed by atoms with E-state index >= 15 is 0 Å². The second-order valence-electron chi connectivity index (χ2n) is 29.2. The smallest absolute Gasteiger partial charge is 0.252 e. The summed E-state index contributed by atoms with van der Waals surface area (Å²) in [5.41, 5.74) is 25.7. The van der Waals surface area contributed by atoms with Crippen LogP contribution in [-0.2, 0) is 21.7 Å². The Hall–Kier alpha value is -8.90. The Labute approximate surface area is 524 Å². The molecule has 2 aliphatic rings. The van der Waals surface area contributed by atoms with Crippen LogP contribution in [0.25, 0.3) is 49.7 Å². The van der Waals surface area contributed by atoms with Gasteiger partial charge in [0, 0.05) is 44.9 Å². The van der Waals surface area contributed by atoms with Crippen molar-refractivity contribution in [2.24, 2.45) is 0 Å². The van der Waals surface area contributed by atoms with Crippen molar-refractivity contribution >= 4 is 103 Å². The van der Waals surface area contributed by atoms with Gasteiger partial charge >= 0.3 is 0 Å². The maximum atomic E-state index is 2.63. The number of aromatic nitrogens is 1. The maximum absolute atomic E-state index is 2.63. The molecule has 0 N–H and O–H groups in total. The van der Waals surface area contributed by atoms with Crippen LogP contribution in [0, 0.1) is 6.92 Å². The number of hydrogen-bond donors (Lipinski definition) is 0. The quantitative estimate of drug-likeness (QED) is 0.111. The van der Waals surface area contributed by atoms with Crippen molar-refractivity contribution in [2.45, 2.75) is 112 Å². The number of benzene rings is 11. The highest BCUT2D eigenvalue weighted by Crippen LogP contribution is 2.48. The van der Waals surface area contributed by atoms with Gasteiger partial charge in [-0.3, -0.25) is 0 Å². The van der Waals surface area contributed by atoms with Crippen LogP contribution in [0.1, 0.15) is 111 Å². The molecule has 14 rings (SSSR count). The van der Waals surface area contributed by atoms with Crippen molar-refractivity contribution in [2.75, 3.05) is 9.80 Å². The van der Waals surface area contributed by atoms with Gasteiger partial charge in [0.2, 0.25) is 0 Å². The molecule has 0 aliphatic carbocycles. The zero-order valence-corrected chi connectivity index (χ0v) is 54.7. The van der Waals surface area contributed by atoms with Gasteiger partial charge in [0.05, 0.1) is 16.7 Å². The summed E-state index contributed by atoms with van der Waals surface area (Å²) >= 11 is 0. The predicted octanol–water partition coefficient (Wildman–Crippen LogP) is 17.9. The van der Waals surface area contributed by atoms with Crippen LogP contribution in [0.2, 0.25) is 0 Å². The number of rotatable bonds is 8. The molecule has 3 nitrogen and oxygen atoms in total. The average Bonchev–Trinajstić information content (AvgIpc) is 0.831. The average molecular weight is 1160 g/mol. The Kier molecular flexibility index (Phi) is 13.7. The van der Waals surface area contributed by atoms with Crippen LogP contribution in [0.4, 0.5) is 34.1 Å². The van der Waals surface area contributed by atoms with Gasteiger partial charge in [-0.1, -0.05) is 286 Å². The Bertz CT molecular complexity index is 4510. The van der Waals surface area contributed by atoms with Crippen molar-refractivity contribution in [3.8, 4) is 27.9 Å². The number of hydrogen-bond acceptors (Lipinski definition) is 2. The van der Waals surface area contributed by atoms with E-state index in [2.05, 4.69) is 347 Å². The molecule has 12 aromatic rings. The first-order chi connectivity index (χ1) is 42.1. The lowest BCUT2D eigenvalue weighted by atomic mass is 9.33. The van der Waals surface area contributed by atoms with Gasteiger partial charge in [0.25, 0.3) is 6.71 Å². The molecule has 3 heterocycles. The summed E-state index contributed by atoms with van der Waals surface area (Å²) in [5, 5.41) is 6.69. The van der Waals surface area contributed by atoms with Crippen LogP contribution in [0.15, 0.2) is 243 Å². The summed E-state index contributed by atoms with van der Waals surface area (Å²) in [6, 6.07) is 93.9. The Morgan fingerprint density at radius 1 is 0.307 bits per heavy atom. The molecule has 1 aromatic heterocycles. The molecule has 88 heavy (non-hydrogen) atoms. The zero-order chi connectivity index (χ0) is 61.2. The fourth-order valence-corrected chi connectivity index (χ4v) is 16.9. The predicted molar refractivity (Wildman–Crippen MR) is 384 cm³/mol.